The van der Waals surface area contributed by atoms with Crippen LogP contribution in [0.4, 0.5) is 5.82 Å². The number of imidazole rings is 1. The molecule has 0 saturated carbocycles. The van der Waals surface area contributed by atoms with Crippen molar-refractivity contribution < 1.29 is 9.53 Å². The zero-order valence-corrected chi connectivity index (χ0v) is 32.1. The Morgan fingerprint density at radius 2 is 1.27 bits per heavy atom. The normalized spacial score (nSPS) is 11.7. The highest BCUT2D eigenvalue weighted by Crippen LogP contribution is 2.43. The van der Waals surface area contributed by atoms with Gasteiger partial charge >= 0.3 is 5.97 Å². The highest BCUT2D eigenvalue weighted by molar-refractivity contribution is 5.93. The summed E-state index contributed by atoms with van der Waals surface area (Å²) in [5.74, 6) is 1.62. The number of carbonyl (C=O) groups excluding carboxylic acids is 1. The summed E-state index contributed by atoms with van der Waals surface area (Å²) in [6.07, 6.45) is 2.73. The summed E-state index contributed by atoms with van der Waals surface area (Å²) in [5.41, 5.74) is 5.96. The molecule has 9 nitrogen and oxygen atoms in total. The average molecular weight is 730 g/mol. The molecule has 0 atom stereocenters. The van der Waals surface area contributed by atoms with Crippen LogP contribution in [0, 0.1) is 0 Å². The Kier molecular flexibility index (Phi) is 10.7. The molecule has 55 heavy (non-hydrogen) atoms. The minimum absolute atomic E-state index is 0.395. The van der Waals surface area contributed by atoms with Crippen molar-refractivity contribution in [1.29, 1.82) is 0 Å². The summed E-state index contributed by atoms with van der Waals surface area (Å²) in [7, 11) is 1.79. The first-order valence-electron chi connectivity index (χ1n) is 18.9. The molecule has 0 aliphatic rings. The molecule has 278 valence electrons. The van der Waals surface area contributed by atoms with Gasteiger partial charge in [-0.05, 0) is 71.0 Å². The summed E-state index contributed by atoms with van der Waals surface area (Å²) < 4.78 is 9.82. The first-order valence-corrected chi connectivity index (χ1v) is 18.9. The molecule has 0 saturated heterocycles. The van der Waals surface area contributed by atoms with E-state index in [1.807, 2.05) is 60.4 Å². The fourth-order valence-electron chi connectivity index (χ4n) is 7.29. The first kappa shape index (κ1) is 37.0. The Morgan fingerprint density at radius 1 is 0.727 bits per heavy atom. The lowest BCUT2D eigenvalue weighted by atomic mass is 9.77. The zero-order valence-electron chi connectivity index (χ0n) is 32.1. The summed E-state index contributed by atoms with van der Waals surface area (Å²) in [4.78, 5) is 18.4. The molecule has 9 heteroatoms. The summed E-state index contributed by atoms with van der Waals surface area (Å²) >= 11 is 0. The van der Waals surface area contributed by atoms with Crippen molar-refractivity contribution in [3.05, 3.63) is 173 Å². The second kappa shape index (κ2) is 15.9. The quantitative estimate of drug-likeness (QED) is 0.0933. The van der Waals surface area contributed by atoms with E-state index >= 15 is 0 Å². The summed E-state index contributed by atoms with van der Waals surface area (Å²) in [6, 6.07) is 48.0. The van der Waals surface area contributed by atoms with Crippen molar-refractivity contribution in [2.75, 3.05) is 12.4 Å². The van der Waals surface area contributed by atoms with Crippen molar-refractivity contribution in [3.8, 4) is 22.5 Å². The number of unbranched alkanes of at least 4 members (excludes halogenated alkanes) is 1. The van der Waals surface area contributed by atoms with E-state index in [2.05, 4.69) is 127 Å². The number of carbonyl (C=O) groups is 1. The highest BCUT2D eigenvalue weighted by Gasteiger charge is 2.42. The number of benzene rings is 5. The van der Waals surface area contributed by atoms with E-state index in [0.717, 1.165) is 64.0 Å². The monoisotopic (exact) mass is 729 g/mol. The van der Waals surface area contributed by atoms with Crippen LogP contribution >= 0.6 is 0 Å². The van der Waals surface area contributed by atoms with E-state index in [0.29, 0.717) is 23.9 Å². The van der Waals surface area contributed by atoms with Crippen molar-refractivity contribution in [2.45, 2.75) is 64.6 Å². The van der Waals surface area contributed by atoms with Crippen LogP contribution in [-0.4, -0.2) is 48.4 Å². The number of ether oxygens (including phenoxy) is 1. The first-order chi connectivity index (χ1) is 26.7. The molecule has 0 spiro atoms. The third kappa shape index (κ3) is 7.42. The fourth-order valence-corrected chi connectivity index (χ4v) is 7.29. The van der Waals surface area contributed by atoms with Crippen molar-refractivity contribution in [3.63, 3.8) is 0 Å². The zero-order chi connectivity index (χ0) is 38.4. The number of anilines is 1. The van der Waals surface area contributed by atoms with Crippen LogP contribution in [0.15, 0.2) is 140 Å². The van der Waals surface area contributed by atoms with E-state index in [4.69, 9.17) is 20.0 Å². The summed E-state index contributed by atoms with van der Waals surface area (Å²) in [5, 5.41) is 17.0. The van der Waals surface area contributed by atoms with Gasteiger partial charge in [-0.15, -0.1) is 5.10 Å². The molecule has 2 aromatic heterocycles. The topological polar surface area (TPSA) is 99.8 Å². The molecule has 1 N–H and O–H groups in total. The lowest BCUT2D eigenvalue weighted by molar-refractivity contribution is 0.00590. The van der Waals surface area contributed by atoms with Crippen molar-refractivity contribution in [2.24, 2.45) is 0 Å². The molecule has 0 aliphatic carbocycles. The maximum Gasteiger partial charge on any atom is 0.359 e. The van der Waals surface area contributed by atoms with Crippen LogP contribution in [0.1, 0.15) is 79.1 Å². The Labute approximate surface area is 323 Å². The van der Waals surface area contributed by atoms with Crippen molar-refractivity contribution >= 4 is 11.8 Å². The molecule has 0 aliphatic heterocycles. The van der Waals surface area contributed by atoms with Gasteiger partial charge in [0.15, 0.2) is 17.3 Å². The number of aromatic nitrogens is 6. The van der Waals surface area contributed by atoms with E-state index < -0.39 is 17.1 Å². The van der Waals surface area contributed by atoms with E-state index in [1.54, 1.807) is 7.05 Å². The van der Waals surface area contributed by atoms with Crippen LogP contribution in [0.3, 0.4) is 0 Å². The molecule has 2 heterocycles. The van der Waals surface area contributed by atoms with Crippen LogP contribution in [0.2, 0.25) is 0 Å². The van der Waals surface area contributed by atoms with E-state index in [-0.39, 0.29) is 0 Å². The van der Waals surface area contributed by atoms with Gasteiger partial charge < -0.3 is 14.6 Å². The predicted octanol–water partition coefficient (Wildman–Crippen LogP) is 9.43. The van der Waals surface area contributed by atoms with Crippen LogP contribution in [-0.2, 0) is 23.2 Å². The lowest BCUT2D eigenvalue weighted by Gasteiger charge is -2.36. The number of hydrogen-bond acceptors (Lipinski definition) is 7. The third-order valence-corrected chi connectivity index (χ3v) is 9.77. The molecule has 7 rings (SSSR count). The second-order valence-corrected chi connectivity index (χ2v) is 14.6. The highest BCUT2D eigenvalue weighted by atomic mass is 16.6. The maximum atomic E-state index is 13.6. The Bertz CT molecular complexity index is 2250. The number of tetrazole rings is 1. The molecule has 7 aromatic rings. The van der Waals surface area contributed by atoms with Gasteiger partial charge in [-0.3, -0.25) is 0 Å². The van der Waals surface area contributed by atoms with Gasteiger partial charge in [-0.2, -0.15) is 0 Å². The molecule has 0 amide bonds. The maximum absolute atomic E-state index is 13.6. The van der Waals surface area contributed by atoms with Gasteiger partial charge in [0.1, 0.15) is 17.0 Å². The van der Waals surface area contributed by atoms with Gasteiger partial charge in [0.25, 0.3) is 0 Å². The number of aryl methyl sites for hydroxylation is 1. The minimum atomic E-state index is -0.877. The molecule has 0 bridgehead atoms. The second-order valence-electron chi connectivity index (χ2n) is 14.6. The minimum Gasteiger partial charge on any atom is -0.455 e. The van der Waals surface area contributed by atoms with Gasteiger partial charge in [0, 0.05) is 25.6 Å². The third-order valence-electron chi connectivity index (χ3n) is 9.77. The number of hydrogen-bond donors (Lipinski definition) is 1. The Morgan fingerprint density at radius 3 is 1.80 bits per heavy atom. The van der Waals surface area contributed by atoms with Crippen LogP contribution in [0.25, 0.3) is 22.5 Å². The Hall–Kier alpha value is -6.35. The van der Waals surface area contributed by atoms with Crippen molar-refractivity contribution in [1.82, 2.24) is 29.8 Å². The number of nitrogens with one attached hydrogen (secondary N) is 1. The molecule has 0 unspecified atom stereocenters. The standard InChI is InChI=1S/C46H47N7O2/c1-6-7-27-40-48-42(47-5)41(44(54)55-45(2,3)4)52(40)32-33-28-30-34(31-29-33)38-25-17-18-26-39(38)43-49-50-51-53(43)46(35-19-11-8-12-20-35,36-21-13-9-14-22-36)37-23-15-10-16-24-37/h8-26,28-31,47H,6-7,27,32H2,1-5H3. The van der Waals surface area contributed by atoms with Gasteiger partial charge in [-0.25, -0.2) is 14.5 Å². The number of esters is 1. The summed E-state index contributed by atoms with van der Waals surface area (Å²) in [6.45, 7) is 8.26. The lowest BCUT2D eigenvalue weighted by Crippen LogP contribution is -2.39. The van der Waals surface area contributed by atoms with E-state index in [9.17, 15) is 4.79 Å². The average Bonchev–Trinajstić information content (AvgIpc) is 3.84. The molecular formula is C46H47N7O2. The van der Waals surface area contributed by atoms with Gasteiger partial charge in [0.2, 0.25) is 0 Å². The SMILES string of the molecule is CCCCc1nc(NC)c(C(=O)OC(C)(C)C)n1Cc1ccc(-c2ccccc2-c2nnnn2C(c2ccccc2)(c2ccccc2)c2ccccc2)cc1. The molecule has 5 aromatic carbocycles. The Balaban J connectivity index is 1.31. The van der Waals surface area contributed by atoms with E-state index in [1.165, 1.54) is 0 Å². The van der Waals surface area contributed by atoms with Gasteiger partial charge in [-0.1, -0.05) is 153 Å². The van der Waals surface area contributed by atoms with Crippen LogP contribution in [0.5, 0.6) is 0 Å². The molecule has 0 radical (unpaired) electrons. The van der Waals surface area contributed by atoms with Crippen LogP contribution < -0.4 is 5.32 Å². The fraction of sp³-hybridized carbons (Fsp3) is 0.239. The molecule has 0 fully saturated rings. The number of rotatable bonds is 13. The largest absolute Gasteiger partial charge is 0.455 e. The number of nitrogens with zero attached hydrogens (tertiary/aromatic N) is 6. The smallest absolute Gasteiger partial charge is 0.359 e. The molecular weight excluding hydrogens is 683 g/mol. The van der Waals surface area contributed by atoms with Gasteiger partial charge in [0.05, 0.1) is 0 Å². The predicted molar refractivity (Wildman–Crippen MR) is 218 cm³/mol.